The van der Waals surface area contributed by atoms with Crippen LogP contribution in [-0.4, -0.2) is 51.2 Å². The lowest BCUT2D eigenvalue weighted by Crippen LogP contribution is -2.35. The first-order valence-corrected chi connectivity index (χ1v) is 11.5. The molecular formula is C21H21N7O4S3. The number of fused-ring (bicyclic) bond motifs is 3. The number of anilines is 2. The first kappa shape index (κ1) is 25.7. The Kier molecular flexibility index (Phi) is 8.83. The van der Waals surface area contributed by atoms with Crippen LogP contribution in [0.1, 0.15) is 5.56 Å². The predicted octanol–water partition coefficient (Wildman–Crippen LogP) is 4.04. The molecule has 0 saturated heterocycles. The van der Waals surface area contributed by atoms with Gasteiger partial charge in [-0.3, -0.25) is 15.0 Å². The molecule has 0 bridgehead atoms. The molecule has 2 aromatic carbocycles. The van der Waals surface area contributed by atoms with Crippen LogP contribution >= 0.6 is 35.8 Å². The van der Waals surface area contributed by atoms with E-state index < -0.39 is 12.2 Å². The zero-order valence-electron chi connectivity index (χ0n) is 18.8. The Morgan fingerprint density at radius 2 is 1.49 bits per heavy atom. The number of nitrogens with one attached hydrogen (secondary N) is 4. The van der Waals surface area contributed by atoms with E-state index in [0.29, 0.717) is 11.4 Å². The lowest BCUT2D eigenvalue weighted by atomic mass is 10.2. The molecule has 4 aromatic rings. The average molecular weight is 532 g/mol. The quantitative estimate of drug-likeness (QED) is 0.281. The number of carbonyl (C=O) groups is 2. The minimum Gasteiger partial charge on any atom is -0.453 e. The highest BCUT2D eigenvalue weighted by molar-refractivity contribution is 7.80. The molecule has 0 saturated carbocycles. The fourth-order valence-electron chi connectivity index (χ4n) is 2.86. The number of carbonyl (C=O) groups excluding carboxylic acids is 2. The highest BCUT2D eigenvalue weighted by Gasteiger charge is 2.10. The fraction of sp³-hybridized carbons (Fsp3) is 0.143. The van der Waals surface area contributed by atoms with Crippen LogP contribution in [0, 0.1) is 6.92 Å². The fourth-order valence-corrected chi connectivity index (χ4v) is 4.28. The van der Waals surface area contributed by atoms with E-state index in [2.05, 4.69) is 66.1 Å². The van der Waals surface area contributed by atoms with Crippen molar-refractivity contribution in [1.82, 2.24) is 25.2 Å². The summed E-state index contributed by atoms with van der Waals surface area (Å²) >= 11 is 11.6. The first-order valence-electron chi connectivity index (χ1n) is 9.91. The Morgan fingerprint density at radius 1 is 0.914 bits per heavy atom. The van der Waals surface area contributed by atoms with Crippen molar-refractivity contribution in [3.63, 3.8) is 0 Å². The summed E-state index contributed by atoms with van der Waals surface area (Å²) < 4.78 is 12.2. The summed E-state index contributed by atoms with van der Waals surface area (Å²) in [6.07, 6.45) is 0.387. The van der Waals surface area contributed by atoms with E-state index in [1.54, 1.807) is 41.9 Å². The smallest absolute Gasteiger partial charge is 0.413 e. The highest BCUT2D eigenvalue weighted by Crippen LogP contribution is 2.26. The molecule has 0 radical (unpaired) electrons. The van der Waals surface area contributed by atoms with Gasteiger partial charge in [0, 0.05) is 0 Å². The maximum absolute atomic E-state index is 11.1. The minimum absolute atomic E-state index is 0.0490. The van der Waals surface area contributed by atoms with E-state index in [0.717, 1.165) is 4.96 Å². The van der Waals surface area contributed by atoms with Crippen LogP contribution in [0.3, 0.4) is 0 Å². The van der Waals surface area contributed by atoms with Gasteiger partial charge in [0.25, 0.3) is 0 Å². The lowest BCUT2D eigenvalue weighted by molar-refractivity contribution is 0.176. The number of hydrogen-bond acceptors (Lipinski definition) is 9. The van der Waals surface area contributed by atoms with Crippen LogP contribution in [0.4, 0.5) is 21.0 Å². The minimum atomic E-state index is -0.689. The number of thiazole rings is 1. The van der Waals surface area contributed by atoms with Gasteiger partial charge >= 0.3 is 12.2 Å². The molecular weight excluding hydrogens is 510 g/mol. The number of para-hydroxylation sites is 3. The monoisotopic (exact) mass is 531 g/mol. The van der Waals surface area contributed by atoms with Gasteiger partial charge in [0.05, 0.1) is 35.8 Å². The Morgan fingerprint density at radius 3 is 2.03 bits per heavy atom. The van der Waals surface area contributed by atoms with Gasteiger partial charge in [-0.2, -0.15) is 0 Å². The molecule has 0 aliphatic heterocycles. The number of ether oxygens (including phenoxy) is 2. The molecule has 0 aliphatic carbocycles. The zero-order chi connectivity index (χ0) is 25.4. The van der Waals surface area contributed by atoms with Crippen molar-refractivity contribution in [2.24, 2.45) is 0 Å². The molecule has 0 aliphatic rings. The maximum Gasteiger partial charge on any atom is 0.413 e. The summed E-state index contributed by atoms with van der Waals surface area (Å²) in [4.78, 5) is 23.1. The standard InChI is InChI=1S/C12H14N4O4S2.C9H7N3S/c1-19-11(17)15-9(21)13-7-5-3-4-6-8(7)14-10(22)16-12(18)20-2;1-6-3-2-4-7-8(6)12-5-10-11-9(12)13-7/h3-6H,1-2H3,(H2,13,15,17,21)(H2,14,16,18,22);2-5H,1H3. The van der Waals surface area contributed by atoms with Crippen molar-refractivity contribution in [1.29, 1.82) is 0 Å². The molecule has 2 aromatic heterocycles. The molecule has 4 N–H and O–H groups in total. The summed E-state index contributed by atoms with van der Waals surface area (Å²) in [6.45, 7) is 2.11. The van der Waals surface area contributed by atoms with Crippen molar-refractivity contribution in [3.8, 4) is 0 Å². The molecule has 35 heavy (non-hydrogen) atoms. The summed E-state index contributed by atoms with van der Waals surface area (Å²) in [5.74, 6) is 0. The van der Waals surface area contributed by atoms with Crippen molar-refractivity contribution in [2.75, 3.05) is 24.9 Å². The first-order chi connectivity index (χ1) is 16.8. The third-order valence-electron chi connectivity index (χ3n) is 4.38. The number of rotatable bonds is 2. The van der Waals surface area contributed by atoms with Gasteiger partial charge in [0.2, 0.25) is 4.96 Å². The second-order valence-corrected chi connectivity index (χ2v) is 8.52. The van der Waals surface area contributed by atoms with Crippen LogP contribution in [0.25, 0.3) is 15.2 Å². The Labute approximate surface area is 214 Å². The third-order valence-corrected chi connectivity index (χ3v) is 5.80. The van der Waals surface area contributed by atoms with Crippen molar-refractivity contribution in [2.45, 2.75) is 6.92 Å². The van der Waals surface area contributed by atoms with Crippen LogP contribution in [0.15, 0.2) is 48.8 Å². The van der Waals surface area contributed by atoms with Gasteiger partial charge in [-0.25, -0.2) is 9.59 Å². The van der Waals surface area contributed by atoms with Crippen molar-refractivity contribution < 1.29 is 19.1 Å². The summed E-state index contributed by atoms with van der Waals surface area (Å²) in [5, 5.41) is 18.2. The molecule has 4 rings (SSSR count). The number of thiocarbonyl (C=S) groups is 2. The summed E-state index contributed by atoms with van der Waals surface area (Å²) in [5.41, 5.74) is 3.58. The molecule has 14 heteroatoms. The number of methoxy groups -OCH3 is 2. The maximum atomic E-state index is 11.1. The normalized spacial score (nSPS) is 10.0. The number of aryl methyl sites for hydroxylation is 1. The number of aromatic nitrogens is 3. The van der Waals surface area contributed by atoms with Crippen molar-refractivity contribution >= 4 is 84.7 Å². The Bertz CT molecular complexity index is 1330. The Balaban J connectivity index is 0.000000220. The van der Waals surface area contributed by atoms with E-state index in [1.165, 1.54) is 30.0 Å². The predicted molar refractivity (Wildman–Crippen MR) is 143 cm³/mol. The van der Waals surface area contributed by atoms with Gasteiger partial charge in [0.1, 0.15) is 6.33 Å². The SMILES string of the molecule is COC(=O)NC(=S)Nc1ccccc1NC(=S)NC(=O)OC.Cc1cccc2sc3nncn3c12. The molecule has 2 amide bonds. The molecule has 182 valence electrons. The largest absolute Gasteiger partial charge is 0.453 e. The number of benzene rings is 2. The van der Waals surface area contributed by atoms with Gasteiger partial charge in [0.15, 0.2) is 10.2 Å². The third kappa shape index (κ3) is 6.81. The summed E-state index contributed by atoms with van der Waals surface area (Å²) in [7, 11) is 2.45. The van der Waals surface area contributed by atoms with Crippen molar-refractivity contribution in [3.05, 3.63) is 54.4 Å². The van der Waals surface area contributed by atoms with Gasteiger partial charge in [-0.05, 0) is 55.1 Å². The van der Waals surface area contributed by atoms with Gasteiger partial charge in [-0.1, -0.05) is 35.6 Å². The number of hydrogen-bond donors (Lipinski definition) is 4. The highest BCUT2D eigenvalue weighted by atomic mass is 32.1. The second-order valence-electron chi connectivity index (χ2n) is 6.69. The number of amides is 2. The van der Waals surface area contributed by atoms with E-state index in [9.17, 15) is 9.59 Å². The number of nitrogens with zero attached hydrogens (tertiary/aromatic N) is 3. The summed E-state index contributed by atoms with van der Waals surface area (Å²) in [6, 6.07) is 13.2. The van der Waals surface area contributed by atoms with Crippen LogP contribution in [-0.2, 0) is 9.47 Å². The van der Waals surface area contributed by atoms with Crippen LogP contribution in [0.2, 0.25) is 0 Å². The molecule has 0 atom stereocenters. The molecule has 2 heterocycles. The van der Waals surface area contributed by atoms with Gasteiger partial charge < -0.3 is 20.1 Å². The van der Waals surface area contributed by atoms with E-state index >= 15 is 0 Å². The molecule has 0 fully saturated rings. The topological polar surface area (TPSA) is 131 Å². The van der Waals surface area contributed by atoms with Gasteiger partial charge in [-0.15, -0.1) is 10.2 Å². The van der Waals surface area contributed by atoms with Crippen LogP contribution < -0.4 is 21.3 Å². The zero-order valence-corrected chi connectivity index (χ0v) is 21.3. The lowest BCUT2D eigenvalue weighted by Gasteiger charge is -2.15. The molecule has 11 nitrogen and oxygen atoms in total. The second kappa shape index (κ2) is 12.0. The average Bonchev–Trinajstić information content (AvgIpc) is 3.42. The van der Waals surface area contributed by atoms with E-state index in [4.69, 9.17) is 24.4 Å². The van der Waals surface area contributed by atoms with E-state index in [1.807, 2.05) is 4.40 Å². The van der Waals surface area contributed by atoms with Crippen LogP contribution in [0.5, 0.6) is 0 Å². The molecule has 0 spiro atoms. The molecule has 0 unspecified atom stereocenters. The van der Waals surface area contributed by atoms with E-state index in [-0.39, 0.29) is 10.2 Å². The number of alkyl carbamates (subject to hydrolysis) is 2. The Hall–Kier alpha value is -3.88.